The fourth-order valence-electron chi connectivity index (χ4n) is 4.83. The van der Waals surface area contributed by atoms with Crippen LogP contribution in [0.1, 0.15) is 11.1 Å². The van der Waals surface area contributed by atoms with E-state index in [-0.39, 0.29) is 13.1 Å². The Hall–Kier alpha value is -4.66. The van der Waals surface area contributed by atoms with E-state index >= 15 is 0 Å². The van der Waals surface area contributed by atoms with Crippen molar-refractivity contribution in [3.63, 3.8) is 0 Å². The number of benzene rings is 3. The zero-order chi connectivity index (χ0) is 27.2. The maximum atomic E-state index is 13.8. The molecule has 2 atom stereocenters. The van der Waals surface area contributed by atoms with Crippen LogP contribution in [0.5, 0.6) is 11.5 Å². The van der Waals surface area contributed by atoms with Crippen molar-refractivity contribution in [2.45, 2.75) is 13.1 Å². The summed E-state index contributed by atoms with van der Waals surface area (Å²) in [6, 6.07) is 25.4. The van der Waals surface area contributed by atoms with Gasteiger partial charge in [-0.2, -0.15) is 0 Å². The highest BCUT2D eigenvalue weighted by molar-refractivity contribution is 5.98. The number of carbonyl (C=O) groups is 4. The van der Waals surface area contributed by atoms with Gasteiger partial charge in [-0.1, -0.05) is 60.7 Å². The number of para-hydroxylation sites is 1. The van der Waals surface area contributed by atoms with E-state index in [2.05, 4.69) is 4.74 Å². The van der Waals surface area contributed by atoms with Crippen LogP contribution < -0.4 is 4.74 Å². The number of ether oxygens (including phenoxy) is 2. The number of nitrogens with zero attached hydrogens (tertiary/aromatic N) is 1. The molecule has 38 heavy (non-hydrogen) atoms. The Balaban J connectivity index is 1.60. The molecule has 2 N–H and O–H groups in total. The molecule has 196 valence electrons. The molecule has 0 radical (unpaired) electrons. The number of carboxylic acid groups (broad SMARTS) is 2. The number of aliphatic carboxylic acids is 2. The van der Waals surface area contributed by atoms with Gasteiger partial charge in [0.25, 0.3) is 0 Å². The maximum Gasteiger partial charge on any atom is 0.310 e. The number of hydrogen-bond acceptors (Lipinski definition) is 6. The largest absolute Gasteiger partial charge is 0.481 e. The summed E-state index contributed by atoms with van der Waals surface area (Å²) in [7, 11) is 1.06. The van der Waals surface area contributed by atoms with Gasteiger partial charge in [-0.3, -0.25) is 19.2 Å². The number of esters is 1. The highest BCUT2D eigenvalue weighted by atomic mass is 16.5. The van der Waals surface area contributed by atoms with Gasteiger partial charge >= 0.3 is 17.9 Å². The van der Waals surface area contributed by atoms with E-state index < -0.39 is 47.5 Å². The highest BCUT2D eigenvalue weighted by Crippen LogP contribution is 2.48. The van der Waals surface area contributed by atoms with Crippen molar-refractivity contribution in [2.75, 3.05) is 7.11 Å². The van der Waals surface area contributed by atoms with Crippen LogP contribution in [0.15, 0.2) is 84.9 Å². The van der Waals surface area contributed by atoms with Crippen molar-refractivity contribution in [2.24, 2.45) is 23.7 Å². The van der Waals surface area contributed by atoms with E-state index in [9.17, 15) is 29.4 Å². The highest BCUT2D eigenvalue weighted by Gasteiger charge is 2.64. The Bertz CT molecular complexity index is 1270. The first-order chi connectivity index (χ1) is 18.3. The van der Waals surface area contributed by atoms with Gasteiger partial charge in [0.05, 0.1) is 30.8 Å². The number of carboxylic acids is 2. The molecule has 0 aliphatic heterocycles. The van der Waals surface area contributed by atoms with Crippen molar-refractivity contribution in [1.82, 2.24) is 4.90 Å². The second kappa shape index (κ2) is 11.6. The number of amides is 1. The van der Waals surface area contributed by atoms with Gasteiger partial charge in [-0.05, 0) is 35.4 Å². The molecule has 0 saturated heterocycles. The van der Waals surface area contributed by atoms with Crippen LogP contribution in [-0.4, -0.2) is 46.0 Å². The molecule has 0 bridgehead atoms. The third-order valence-corrected chi connectivity index (χ3v) is 6.68. The summed E-state index contributed by atoms with van der Waals surface area (Å²) in [6.07, 6.45) is 0. The van der Waals surface area contributed by atoms with Crippen LogP contribution in [0.25, 0.3) is 0 Å². The standard InChI is InChI=1S/C29H27NO8/c1-37-29(36)25-23(27(32)33)22(24(25)28(34)35)26(31)30(16-18-8-4-2-5-9-18)17-19-12-14-21(15-13-19)38-20-10-6-3-7-11-20/h2-15,22-25H,16-17H2,1H3,(H,32,33)(H,34,35)/t22-,23-,24-,25-/m1/s1. The van der Waals surface area contributed by atoms with Crippen molar-refractivity contribution in [3.05, 3.63) is 96.1 Å². The summed E-state index contributed by atoms with van der Waals surface area (Å²) >= 11 is 0. The Kier molecular flexibility index (Phi) is 8.06. The van der Waals surface area contributed by atoms with E-state index in [1.54, 1.807) is 24.3 Å². The number of carbonyl (C=O) groups excluding carboxylic acids is 2. The van der Waals surface area contributed by atoms with Gasteiger partial charge in [-0.25, -0.2) is 0 Å². The van der Waals surface area contributed by atoms with E-state index in [4.69, 9.17) is 4.74 Å². The predicted octanol–water partition coefficient (Wildman–Crippen LogP) is 3.83. The average Bonchev–Trinajstić information content (AvgIpc) is 2.89. The normalized spacial score (nSPS) is 20.0. The predicted molar refractivity (Wildman–Crippen MR) is 135 cm³/mol. The maximum absolute atomic E-state index is 13.8. The number of hydrogen-bond donors (Lipinski definition) is 2. The minimum absolute atomic E-state index is 0.0947. The lowest BCUT2D eigenvalue weighted by Crippen LogP contribution is -2.62. The molecule has 9 nitrogen and oxygen atoms in total. The second-order valence-corrected chi connectivity index (χ2v) is 9.04. The summed E-state index contributed by atoms with van der Waals surface area (Å²) in [5, 5.41) is 19.6. The minimum Gasteiger partial charge on any atom is -0.481 e. The molecule has 1 fully saturated rings. The Morgan fingerprint density at radius 3 is 1.63 bits per heavy atom. The van der Waals surface area contributed by atoms with Gasteiger partial charge < -0.3 is 24.6 Å². The second-order valence-electron chi connectivity index (χ2n) is 9.04. The lowest BCUT2D eigenvalue weighted by molar-refractivity contribution is -0.191. The molecular formula is C29H27NO8. The summed E-state index contributed by atoms with van der Waals surface area (Å²) in [4.78, 5) is 51.5. The molecule has 1 aliphatic carbocycles. The lowest BCUT2D eigenvalue weighted by Gasteiger charge is -2.46. The van der Waals surface area contributed by atoms with Crippen LogP contribution in [0.2, 0.25) is 0 Å². The van der Waals surface area contributed by atoms with E-state index in [0.717, 1.165) is 18.2 Å². The number of rotatable bonds is 10. The molecule has 1 saturated carbocycles. The average molecular weight is 518 g/mol. The molecule has 0 unspecified atom stereocenters. The zero-order valence-electron chi connectivity index (χ0n) is 20.6. The molecule has 3 aromatic rings. The van der Waals surface area contributed by atoms with Gasteiger partial charge in [-0.15, -0.1) is 0 Å². The van der Waals surface area contributed by atoms with Gasteiger partial charge in [0.15, 0.2) is 0 Å². The van der Waals surface area contributed by atoms with Gasteiger partial charge in [0.2, 0.25) is 5.91 Å². The monoisotopic (exact) mass is 517 g/mol. The van der Waals surface area contributed by atoms with E-state index in [1.807, 2.05) is 60.7 Å². The number of methoxy groups -OCH3 is 1. The van der Waals surface area contributed by atoms with Crippen LogP contribution >= 0.6 is 0 Å². The summed E-state index contributed by atoms with van der Waals surface area (Å²) < 4.78 is 10.5. The summed E-state index contributed by atoms with van der Waals surface area (Å²) in [5.41, 5.74) is 1.52. The van der Waals surface area contributed by atoms with Crippen LogP contribution in [0, 0.1) is 23.7 Å². The molecule has 4 rings (SSSR count). The van der Waals surface area contributed by atoms with Crippen molar-refractivity contribution in [1.29, 1.82) is 0 Å². The van der Waals surface area contributed by atoms with Gasteiger partial charge in [0.1, 0.15) is 11.5 Å². The Morgan fingerprint density at radius 1 is 0.658 bits per heavy atom. The molecule has 9 heteroatoms. The van der Waals surface area contributed by atoms with Crippen molar-refractivity contribution < 1.29 is 38.9 Å². The van der Waals surface area contributed by atoms with E-state index in [0.29, 0.717) is 11.5 Å². The summed E-state index contributed by atoms with van der Waals surface area (Å²) in [5.74, 6) is -9.06. The van der Waals surface area contributed by atoms with E-state index in [1.165, 1.54) is 4.90 Å². The molecule has 1 aliphatic rings. The van der Waals surface area contributed by atoms with Crippen LogP contribution in [0.4, 0.5) is 0 Å². The molecule has 0 spiro atoms. The SMILES string of the molecule is COC(=O)[C@H]1[C@H](C(=O)O)[C@H](C(=O)N(Cc2ccccc2)Cc2ccc(Oc3ccccc3)cc2)[C@H]1C(=O)O. The van der Waals surface area contributed by atoms with Crippen molar-refractivity contribution in [3.8, 4) is 11.5 Å². The first-order valence-electron chi connectivity index (χ1n) is 12.0. The van der Waals surface area contributed by atoms with Crippen LogP contribution in [-0.2, 0) is 37.0 Å². The van der Waals surface area contributed by atoms with Crippen molar-refractivity contribution >= 4 is 23.8 Å². The summed E-state index contributed by atoms with van der Waals surface area (Å²) in [6.45, 7) is 0.220. The topological polar surface area (TPSA) is 130 Å². The molecular weight excluding hydrogens is 490 g/mol. The first-order valence-corrected chi connectivity index (χ1v) is 12.0. The fourth-order valence-corrected chi connectivity index (χ4v) is 4.83. The van der Waals surface area contributed by atoms with Crippen LogP contribution in [0.3, 0.4) is 0 Å². The fraction of sp³-hybridized carbons (Fsp3) is 0.241. The molecule has 0 aromatic heterocycles. The Labute approximate surface area is 219 Å². The smallest absolute Gasteiger partial charge is 0.310 e. The first kappa shape index (κ1) is 26.4. The minimum atomic E-state index is -1.50. The molecule has 1 amide bonds. The third kappa shape index (κ3) is 5.67. The lowest BCUT2D eigenvalue weighted by atomic mass is 9.55. The Morgan fingerprint density at radius 2 is 1.13 bits per heavy atom. The zero-order valence-corrected chi connectivity index (χ0v) is 20.6. The molecule has 3 aromatic carbocycles. The third-order valence-electron chi connectivity index (χ3n) is 6.68. The van der Waals surface area contributed by atoms with Gasteiger partial charge in [0, 0.05) is 13.1 Å². The quantitative estimate of drug-likeness (QED) is 0.388. The molecule has 0 heterocycles.